The summed E-state index contributed by atoms with van der Waals surface area (Å²) < 4.78 is 16.8. The summed E-state index contributed by atoms with van der Waals surface area (Å²) in [7, 11) is 1.51. The molecule has 3 heterocycles. The van der Waals surface area contributed by atoms with Crippen LogP contribution in [0.2, 0.25) is 0 Å². The van der Waals surface area contributed by atoms with Crippen LogP contribution in [0, 0.1) is 6.92 Å². The van der Waals surface area contributed by atoms with Gasteiger partial charge in [0.05, 0.1) is 25.3 Å². The van der Waals surface area contributed by atoms with E-state index in [1.54, 1.807) is 55.5 Å². The van der Waals surface area contributed by atoms with Crippen LogP contribution in [0.1, 0.15) is 34.1 Å². The summed E-state index contributed by atoms with van der Waals surface area (Å²) in [6, 6.07) is 12.9. The normalized spacial score (nSPS) is 15.8. The topological polar surface area (TPSA) is 115 Å². The lowest BCUT2D eigenvalue weighted by Crippen LogP contribution is -2.31. The van der Waals surface area contributed by atoms with E-state index in [0.717, 1.165) is 0 Å². The molecule has 1 amide bonds. The number of Topliss-reactive ketones (excluding diaryl/α,β-unsaturated/α-hetero) is 1. The Morgan fingerprint density at radius 3 is 2.71 bits per heavy atom. The molecule has 0 spiro atoms. The fourth-order valence-electron chi connectivity index (χ4n) is 4.12. The Balaban J connectivity index is 1.66. The molecule has 0 saturated heterocycles. The molecule has 2 aromatic carbocycles. The molecule has 10 heteroatoms. The monoisotopic (exact) mass is 491 g/mol. The number of ether oxygens (including phenoxy) is 2. The van der Waals surface area contributed by atoms with Crippen molar-refractivity contribution in [2.45, 2.75) is 19.9 Å². The highest BCUT2D eigenvalue weighted by atomic mass is 32.1. The number of benzene rings is 2. The van der Waals surface area contributed by atoms with Crippen LogP contribution in [0.15, 0.2) is 64.3 Å². The van der Waals surface area contributed by atoms with E-state index < -0.39 is 23.5 Å². The third kappa shape index (κ3) is 3.81. The van der Waals surface area contributed by atoms with Crippen LogP contribution in [0.25, 0.3) is 11.0 Å². The molecule has 9 nitrogen and oxygen atoms in total. The van der Waals surface area contributed by atoms with Crippen LogP contribution in [0.5, 0.6) is 11.5 Å². The van der Waals surface area contributed by atoms with Crippen molar-refractivity contribution in [2.75, 3.05) is 18.6 Å². The number of amides is 1. The molecule has 5 rings (SSSR count). The van der Waals surface area contributed by atoms with Gasteiger partial charge >= 0.3 is 0 Å². The van der Waals surface area contributed by atoms with Crippen molar-refractivity contribution in [3.63, 3.8) is 0 Å². The van der Waals surface area contributed by atoms with Gasteiger partial charge in [0.1, 0.15) is 10.8 Å². The van der Waals surface area contributed by atoms with Crippen molar-refractivity contribution < 1.29 is 28.6 Å². The minimum Gasteiger partial charge on any atom is -0.503 e. The molecule has 1 atom stereocenters. The predicted octanol–water partition coefficient (Wildman–Crippen LogP) is 4.78. The Labute approximate surface area is 204 Å². The summed E-state index contributed by atoms with van der Waals surface area (Å²) in [6.45, 7) is 4.06. The molecule has 1 N–H and O–H groups in total. The first-order chi connectivity index (χ1) is 16.9. The number of hydrogen-bond donors (Lipinski definition) is 1. The quantitative estimate of drug-likeness (QED) is 0.367. The largest absolute Gasteiger partial charge is 0.503 e. The van der Waals surface area contributed by atoms with E-state index in [-0.39, 0.29) is 16.5 Å². The predicted molar refractivity (Wildman–Crippen MR) is 129 cm³/mol. The highest BCUT2D eigenvalue weighted by Crippen LogP contribution is 2.44. The average Bonchev–Trinajstić information content (AvgIpc) is 3.55. The zero-order valence-electron chi connectivity index (χ0n) is 19.1. The lowest BCUT2D eigenvalue weighted by Gasteiger charge is -2.24. The van der Waals surface area contributed by atoms with Gasteiger partial charge in [0, 0.05) is 5.39 Å². The molecule has 2 aromatic heterocycles. The molecule has 1 aliphatic heterocycles. The molecular formula is C25H21N3O6S. The summed E-state index contributed by atoms with van der Waals surface area (Å²) in [5, 5.41) is 20.6. The minimum atomic E-state index is -0.960. The lowest BCUT2D eigenvalue weighted by molar-refractivity contribution is -0.117. The second kappa shape index (κ2) is 8.88. The van der Waals surface area contributed by atoms with Crippen LogP contribution in [0.3, 0.4) is 0 Å². The maximum Gasteiger partial charge on any atom is 0.296 e. The highest BCUT2D eigenvalue weighted by Gasteiger charge is 2.46. The van der Waals surface area contributed by atoms with E-state index >= 15 is 0 Å². The van der Waals surface area contributed by atoms with Gasteiger partial charge in [0.25, 0.3) is 5.91 Å². The van der Waals surface area contributed by atoms with Crippen molar-refractivity contribution in [1.82, 2.24) is 10.2 Å². The summed E-state index contributed by atoms with van der Waals surface area (Å²) in [5.41, 5.74) is 0.849. The van der Waals surface area contributed by atoms with Gasteiger partial charge in [-0.3, -0.25) is 14.5 Å². The van der Waals surface area contributed by atoms with Gasteiger partial charge in [-0.2, -0.15) is 0 Å². The van der Waals surface area contributed by atoms with Gasteiger partial charge in [-0.25, -0.2) is 0 Å². The highest BCUT2D eigenvalue weighted by molar-refractivity contribution is 7.15. The molecule has 0 aliphatic carbocycles. The van der Waals surface area contributed by atoms with Crippen LogP contribution in [-0.4, -0.2) is 40.7 Å². The summed E-state index contributed by atoms with van der Waals surface area (Å²) in [4.78, 5) is 28.3. The second-order valence-electron chi connectivity index (χ2n) is 7.77. The first-order valence-electron chi connectivity index (χ1n) is 10.8. The number of carbonyl (C=O) groups is 2. The van der Waals surface area contributed by atoms with E-state index in [0.29, 0.717) is 39.6 Å². The number of carbonyl (C=O) groups excluding carboxylic acids is 2. The number of nitrogens with zero attached hydrogens (tertiary/aromatic N) is 3. The number of aliphatic hydroxyl groups is 1. The van der Waals surface area contributed by atoms with Gasteiger partial charge in [0.2, 0.25) is 10.9 Å². The molecule has 0 saturated carbocycles. The van der Waals surface area contributed by atoms with Gasteiger partial charge in [-0.1, -0.05) is 35.6 Å². The molecular weight excluding hydrogens is 470 g/mol. The molecule has 0 fully saturated rings. The smallest absolute Gasteiger partial charge is 0.296 e. The number of furan rings is 1. The number of ketones is 1. The van der Waals surface area contributed by atoms with E-state index in [9.17, 15) is 14.7 Å². The maximum atomic E-state index is 13.8. The van der Waals surface area contributed by atoms with Gasteiger partial charge in [-0.05, 0) is 43.7 Å². The first-order valence-corrected chi connectivity index (χ1v) is 11.6. The maximum absolute atomic E-state index is 13.8. The third-order valence-electron chi connectivity index (χ3n) is 5.61. The Bertz CT molecular complexity index is 1490. The van der Waals surface area contributed by atoms with E-state index in [1.165, 1.54) is 23.3 Å². The van der Waals surface area contributed by atoms with Crippen molar-refractivity contribution in [2.24, 2.45) is 0 Å². The fourth-order valence-corrected chi connectivity index (χ4v) is 4.83. The molecule has 4 aromatic rings. The van der Waals surface area contributed by atoms with E-state index in [4.69, 9.17) is 13.9 Å². The number of para-hydroxylation sites is 1. The Morgan fingerprint density at radius 2 is 2.00 bits per heavy atom. The minimum absolute atomic E-state index is 0.0277. The van der Waals surface area contributed by atoms with Crippen molar-refractivity contribution in [3.05, 3.63) is 76.2 Å². The molecule has 0 bridgehead atoms. The number of aryl methyl sites for hydroxylation is 1. The molecule has 0 radical (unpaired) electrons. The zero-order valence-corrected chi connectivity index (χ0v) is 20.0. The SMILES string of the molecule is CCOc1cccc(C2C(C(=O)c3cc4cccc(OC)c4o3)=C(O)C(=O)N2c2nnc(C)s2)c1. The average molecular weight is 492 g/mol. The van der Waals surface area contributed by atoms with Crippen LogP contribution in [-0.2, 0) is 4.79 Å². The van der Waals surface area contributed by atoms with Gasteiger partial charge in [-0.15, -0.1) is 10.2 Å². The summed E-state index contributed by atoms with van der Waals surface area (Å²) >= 11 is 1.18. The number of fused-ring (bicyclic) bond motifs is 1. The second-order valence-corrected chi connectivity index (χ2v) is 8.93. The van der Waals surface area contributed by atoms with Gasteiger partial charge in [0.15, 0.2) is 22.9 Å². The number of aromatic nitrogens is 2. The van der Waals surface area contributed by atoms with Crippen LogP contribution in [0.4, 0.5) is 5.13 Å². The van der Waals surface area contributed by atoms with E-state index in [2.05, 4.69) is 10.2 Å². The van der Waals surface area contributed by atoms with E-state index in [1.807, 2.05) is 6.92 Å². The molecule has 1 aliphatic rings. The van der Waals surface area contributed by atoms with Crippen molar-refractivity contribution >= 4 is 39.1 Å². The Hall–Kier alpha value is -4.18. The number of hydrogen-bond acceptors (Lipinski definition) is 9. The lowest BCUT2D eigenvalue weighted by atomic mass is 9.95. The zero-order chi connectivity index (χ0) is 24.7. The standard InChI is InChI=1S/C25H21N3O6S/c1-4-33-16-9-5-7-14(11-16)20-19(22(30)24(31)28(20)25-27-26-13(2)35-25)21(29)18-12-15-8-6-10-17(32-3)23(15)34-18/h5-12,20,30H,4H2,1-3H3. The van der Waals surface area contributed by atoms with Crippen molar-refractivity contribution in [3.8, 4) is 11.5 Å². The number of anilines is 1. The Morgan fingerprint density at radius 1 is 1.20 bits per heavy atom. The summed E-state index contributed by atoms with van der Waals surface area (Å²) in [5.74, 6) is -1.02. The van der Waals surface area contributed by atoms with Gasteiger partial charge < -0.3 is 19.0 Å². The molecule has 1 unspecified atom stereocenters. The Kier molecular flexibility index (Phi) is 5.73. The fraction of sp³-hybridized carbons (Fsp3) is 0.200. The first kappa shape index (κ1) is 22.6. The van der Waals surface area contributed by atoms with Crippen LogP contribution >= 0.6 is 11.3 Å². The number of rotatable bonds is 7. The number of aliphatic hydroxyl groups excluding tert-OH is 1. The van der Waals surface area contributed by atoms with Crippen molar-refractivity contribution in [1.29, 1.82) is 0 Å². The summed E-state index contributed by atoms with van der Waals surface area (Å²) in [6.07, 6.45) is 0. The van der Waals surface area contributed by atoms with Crippen LogP contribution < -0.4 is 14.4 Å². The molecule has 35 heavy (non-hydrogen) atoms. The molecule has 178 valence electrons. The third-order valence-corrected chi connectivity index (χ3v) is 6.45. The number of methoxy groups -OCH3 is 1.